The van der Waals surface area contributed by atoms with E-state index in [2.05, 4.69) is 10.3 Å². The molecule has 1 aliphatic rings. The van der Waals surface area contributed by atoms with Gasteiger partial charge < -0.3 is 10.1 Å². The van der Waals surface area contributed by atoms with E-state index in [0.29, 0.717) is 11.3 Å². The van der Waals surface area contributed by atoms with Crippen molar-refractivity contribution in [3.05, 3.63) is 83.9 Å². The summed E-state index contributed by atoms with van der Waals surface area (Å²) in [5.41, 5.74) is 4.07. The molecule has 170 valence electrons. The number of cyclic esters (lactones) is 1. The summed E-state index contributed by atoms with van der Waals surface area (Å²) in [6.45, 7) is 1.88. The number of ether oxygens (including phenoxy) is 1. The Balaban J connectivity index is 1.37. The number of carbonyl (C=O) groups is 2. The van der Waals surface area contributed by atoms with Crippen LogP contribution in [0.1, 0.15) is 18.1 Å². The third kappa shape index (κ3) is 5.90. The first-order valence-corrected chi connectivity index (χ1v) is 11.7. The number of hydrogen-bond acceptors (Lipinski definition) is 5. The van der Waals surface area contributed by atoms with Crippen molar-refractivity contribution in [1.29, 1.82) is 0 Å². The summed E-state index contributed by atoms with van der Waals surface area (Å²) in [4.78, 5) is 28.6. The van der Waals surface area contributed by atoms with Gasteiger partial charge >= 0.3 is 6.09 Å². The highest BCUT2D eigenvalue weighted by Gasteiger charge is 2.32. The molecule has 8 heteroatoms. The number of hydrogen-bond donors (Lipinski definition) is 1. The molecular formula is C25H24FN3O3S. The molecule has 3 aromatic rings. The van der Waals surface area contributed by atoms with E-state index in [4.69, 9.17) is 4.74 Å². The fourth-order valence-electron chi connectivity index (χ4n) is 3.55. The summed E-state index contributed by atoms with van der Waals surface area (Å²) in [6, 6.07) is 16.6. The molecule has 1 unspecified atom stereocenters. The van der Waals surface area contributed by atoms with E-state index in [1.807, 2.05) is 48.2 Å². The van der Waals surface area contributed by atoms with Crippen molar-refractivity contribution in [2.24, 2.45) is 0 Å². The van der Waals surface area contributed by atoms with Gasteiger partial charge in [0.2, 0.25) is 5.91 Å². The van der Waals surface area contributed by atoms with Crippen molar-refractivity contribution < 1.29 is 18.7 Å². The van der Waals surface area contributed by atoms with E-state index in [-0.39, 0.29) is 19.0 Å². The van der Waals surface area contributed by atoms with Crippen LogP contribution in [0.4, 0.5) is 14.9 Å². The molecule has 1 atom stereocenters. The van der Waals surface area contributed by atoms with Gasteiger partial charge in [-0.1, -0.05) is 24.3 Å². The van der Waals surface area contributed by atoms with Crippen LogP contribution in [0.5, 0.6) is 0 Å². The molecule has 6 nitrogen and oxygen atoms in total. The van der Waals surface area contributed by atoms with Crippen LogP contribution in [0.3, 0.4) is 0 Å². The lowest BCUT2D eigenvalue weighted by molar-refractivity contribution is -0.119. The van der Waals surface area contributed by atoms with Crippen LogP contribution in [-0.2, 0) is 21.0 Å². The van der Waals surface area contributed by atoms with Crippen LogP contribution in [0, 0.1) is 5.82 Å². The minimum absolute atomic E-state index is 0.196. The average Bonchev–Trinajstić information content (AvgIpc) is 3.19. The molecule has 0 aliphatic carbocycles. The number of anilines is 1. The number of benzene rings is 2. The molecule has 1 aliphatic heterocycles. The van der Waals surface area contributed by atoms with E-state index in [1.165, 1.54) is 29.0 Å². The summed E-state index contributed by atoms with van der Waals surface area (Å²) in [5, 5.41) is 2.63. The van der Waals surface area contributed by atoms with Crippen molar-refractivity contribution >= 4 is 29.4 Å². The lowest BCUT2D eigenvalue weighted by Gasteiger charge is -2.14. The van der Waals surface area contributed by atoms with Gasteiger partial charge in [-0.25, -0.2) is 9.18 Å². The van der Waals surface area contributed by atoms with Gasteiger partial charge in [-0.05, 0) is 47.0 Å². The Bertz CT molecular complexity index is 1130. The Morgan fingerprint density at radius 2 is 1.82 bits per heavy atom. The van der Waals surface area contributed by atoms with Gasteiger partial charge in [0.1, 0.15) is 11.9 Å². The zero-order valence-electron chi connectivity index (χ0n) is 18.2. The Hall–Kier alpha value is -3.39. The van der Waals surface area contributed by atoms with E-state index < -0.39 is 18.0 Å². The number of rotatable bonds is 8. The van der Waals surface area contributed by atoms with Crippen LogP contribution in [0.15, 0.2) is 67.0 Å². The van der Waals surface area contributed by atoms with E-state index in [0.717, 1.165) is 17.1 Å². The van der Waals surface area contributed by atoms with Gasteiger partial charge in [0.25, 0.3) is 0 Å². The Labute approximate surface area is 196 Å². The van der Waals surface area contributed by atoms with Crippen LogP contribution in [0.25, 0.3) is 11.1 Å². The monoisotopic (exact) mass is 465 g/mol. The van der Waals surface area contributed by atoms with Crippen LogP contribution in [0.2, 0.25) is 0 Å². The lowest BCUT2D eigenvalue weighted by atomic mass is 10.0. The smallest absolute Gasteiger partial charge is 0.414 e. The van der Waals surface area contributed by atoms with E-state index >= 15 is 0 Å². The molecule has 0 radical (unpaired) electrons. The molecule has 4 rings (SSSR count). The van der Waals surface area contributed by atoms with Crippen molar-refractivity contribution in [2.75, 3.05) is 18.0 Å². The first kappa shape index (κ1) is 22.8. The molecule has 0 spiro atoms. The maximum atomic E-state index is 14.9. The molecule has 1 N–H and O–H groups in total. The van der Waals surface area contributed by atoms with Crippen molar-refractivity contribution in [1.82, 2.24) is 10.3 Å². The van der Waals surface area contributed by atoms with E-state index in [9.17, 15) is 14.0 Å². The van der Waals surface area contributed by atoms with Crippen molar-refractivity contribution in [3.8, 4) is 11.1 Å². The lowest BCUT2D eigenvalue weighted by Crippen LogP contribution is -2.33. The molecule has 33 heavy (non-hydrogen) atoms. The number of halogens is 1. The minimum atomic E-state index is -0.550. The molecular weight excluding hydrogens is 441 g/mol. The van der Waals surface area contributed by atoms with Crippen LogP contribution in [-0.4, -0.2) is 36.2 Å². The van der Waals surface area contributed by atoms with E-state index in [1.54, 1.807) is 24.5 Å². The zero-order valence-corrected chi connectivity index (χ0v) is 19.0. The second-order valence-corrected chi connectivity index (χ2v) is 8.75. The summed E-state index contributed by atoms with van der Waals surface area (Å²) < 4.78 is 20.2. The van der Waals surface area contributed by atoms with Crippen molar-refractivity contribution in [3.63, 3.8) is 0 Å². The largest absolute Gasteiger partial charge is 0.442 e. The molecule has 1 saturated heterocycles. The van der Waals surface area contributed by atoms with Crippen LogP contribution < -0.4 is 10.2 Å². The Morgan fingerprint density at radius 3 is 2.48 bits per heavy atom. The number of pyridine rings is 1. The maximum Gasteiger partial charge on any atom is 0.414 e. The number of amides is 2. The molecule has 2 aromatic carbocycles. The first-order chi connectivity index (χ1) is 16.0. The van der Waals surface area contributed by atoms with Gasteiger partial charge in [0, 0.05) is 36.4 Å². The summed E-state index contributed by atoms with van der Waals surface area (Å²) in [7, 11) is 0. The molecule has 1 aromatic heterocycles. The number of carbonyl (C=O) groups excluding carboxylic acids is 2. The second-order valence-electron chi connectivity index (χ2n) is 7.76. The highest BCUT2D eigenvalue weighted by atomic mass is 32.2. The predicted molar refractivity (Wildman–Crippen MR) is 127 cm³/mol. The number of nitrogens with one attached hydrogen (secondary N) is 1. The van der Waals surface area contributed by atoms with Crippen LogP contribution >= 0.6 is 11.8 Å². The fraction of sp³-hybridized carbons (Fsp3) is 0.240. The Kier molecular flexibility index (Phi) is 7.24. The van der Waals surface area contributed by atoms with Gasteiger partial charge in [-0.3, -0.25) is 14.7 Å². The quantitative estimate of drug-likeness (QED) is 0.518. The Morgan fingerprint density at radius 1 is 1.12 bits per heavy atom. The standard InChI is InChI=1S/C25H24FN3O3S/c1-17(30)28-13-22-14-29(25(31)32-22)21-6-7-23(24(26)12-21)20-4-2-18(3-5-20)15-33-16-19-8-10-27-11-9-19/h2-12,22H,13-16H2,1H3,(H,28,30). The van der Waals surface area contributed by atoms with Crippen molar-refractivity contribution in [2.45, 2.75) is 24.5 Å². The minimum Gasteiger partial charge on any atom is -0.442 e. The number of nitrogens with zero attached hydrogens (tertiary/aromatic N) is 2. The third-order valence-corrected chi connectivity index (χ3v) is 6.34. The number of aromatic nitrogens is 1. The van der Waals surface area contributed by atoms with Gasteiger partial charge in [0.15, 0.2) is 0 Å². The summed E-state index contributed by atoms with van der Waals surface area (Å²) in [6.07, 6.45) is 2.57. The molecule has 1 fully saturated rings. The highest BCUT2D eigenvalue weighted by Crippen LogP contribution is 2.30. The second kappa shape index (κ2) is 10.5. The molecule has 0 bridgehead atoms. The normalized spacial score (nSPS) is 15.4. The van der Waals surface area contributed by atoms with Gasteiger partial charge in [-0.2, -0.15) is 11.8 Å². The maximum absolute atomic E-state index is 14.9. The van der Waals surface area contributed by atoms with Gasteiger partial charge in [-0.15, -0.1) is 0 Å². The summed E-state index contributed by atoms with van der Waals surface area (Å²) in [5.74, 6) is 1.16. The third-order valence-electron chi connectivity index (χ3n) is 5.27. The molecule has 2 amide bonds. The molecule has 2 heterocycles. The zero-order chi connectivity index (χ0) is 23.2. The average molecular weight is 466 g/mol. The highest BCUT2D eigenvalue weighted by molar-refractivity contribution is 7.97. The number of thioether (sulfide) groups is 1. The molecule has 0 saturated carbocycles. The SMILES string of the molecule is CC(=O)NCC1CN(c2ccc(-c3ccc(CSCc4ccncc4)cc3)c(F)c2)C(=O)O1. The predicted octanol–water partition coefficient (Wildman–Crippen LogP) is 4.78. The summed E-state index contributed by atoms with van der Waals surface area (Å²) >= 11 is 1.81. The van der Waals surface area contributed by atoms with Gasteiger partial charge in [0.05, 0.1) is 18.8 Å². The first-order valence-electron chi connectivity index (χ1n) is 10.6. The topological polar surface area (TPSA) is 71.5 Å². The fourth-order valence-corrected chi connectivity index (χ4v) is 4.51.